The molecule has 3 nitrogen and oxygen atoms in total. The van der Waals surface area contributed by atoms with Gasteiger partial charge < -0.3 is 15.4 Å². The lowest BCUT2D eigenvalue weighted by molar-refractivity contribution is -0.0104. The average molecular weight is 184 g/mol. The number of nitrogens with zero attached hydrogens (tertiary/aromatic N) is 1. The second-order valence-electron chi connectivity index (χ2n) is 4.42. The summed E-state index contributed by atoms with van der Waals surface area (Å²) in [5, 5.41) is 0. The van der Waals surface area contributed by atoms with Gasteiger partial charge in [-0.1, -0.05) is 6.92 Å². The van der Waals surface area contributed by atoms with Crippen LogP contribution in [0.4, 0.5) is 0 Å². The van der Waals surface area contributed by atoms with Crippen molar-refractivity contribution in [3.63, 3.8) is 0 Å². The predicted molar refractivity (Wildman–Crippen MR) is 52.5 cm³/mol. The fraction of sp³-hybridized carbons (Fsp3) is 1.00. The van der Waals surface area contributed by atoms with Gasteiger partial charge in [0.1, 0.15) is 0 Å². The van der Waals surface area contributed by atoms with Crippen LogP contribution in [-0.4, -0.2) is 44.3 Å². The molecule has 0 saturated carbocycles. The third-order valence-electron chi connectivity index (χ3n) is 3.80. The van der Waals surface area contributed by atoms with Gasteiger partial charge >= 0.3 is 0 Å². The summed E-state index contributed by atoms with van der Waals surface area (Å²) in [7, 11) is 0. The summed E-state index contributed by atoms with van der Waals surface area (Å²) in [4.78, 5) is 2.51. The predicted octanol–water partition coefficient (Wildman–Crippen LogP) is 0.304. The van der Waals surface area contributed by atoms with E-state index in [2.05, 4.69) is 11.8 Å². The molecule has 2 atom stereocenters. The molecule has 0 radical (unpaired) electrons. The van der Waals surface area contributed by atoms with Gasteiger partial charge in [0.05, 0.1) is 6.61 Å². The van der Waals surface area contributed by atoms with Crippen molar-refractivity contribution < 1.29 is 4.74 Å². The second kappa shape index (κ2) is 3.56. The third kappa shape index (κ3) is 1.49. The summed E-state index contributed by atoms with van der Waals surface area (Å²) in [6.07, 6.45) is 1.16. The Balaban J connectivity index is 2.10. The highest BCUT2D eigenvalue weighted by Crippen LogP contribution is 2.40. The Morgan fingerprint density at radius 1 is 1.62 bits per heavy atom. The van der Waals surface area contributed by atoms with Gasteiger partial charge in [-0.15, -0.1) is 0 Å². The SMILES string of the molecule is CCN1C[C@H]2COCC[C@@]2(CN)C1. The zero-order valence-electron chi connectivity index (χ0n) is 8.46. The molecule has 3 heteroatoms. The molecular formula is C10H20N2O. The van der Waals surface area contributed by atoms with Crippen LogP contribution in [0.15, 0.2) is 0 Å². The van der Waals surface area contributed by atoms with E-state index in [0.29, 0.717) is 11.3 Å². The van der Waals surface area contributed by atoms with Crippen molar-refractivity contribution in [3.8, 4) is 0 Å². The van der Waals surface area contributed by atoms with E-state index in [0.717, 1.165) is 32.7 Å². The molecule has 0 aromatic heterocycles. The summed E-state index contributed by atoms with van der Waals surface area (Å²) in [6, 6.07) is 0. The van der Waals surface area contributed by atoms with Crippen molar-refractivity contribution in [1.82, 2.24) is 4.90 Å². The summed E-state index contributed by atoms with van der Waals surface area (Å²) < 4.78 is 5.52. The maximum atomic E-state index is 5.91. The summed E-state index contributed by atoms with van der Waals surface area (Å²) in [5.41, 5.74) is 6.30. The first kappa shape index (κ1) is 9.44. The lowest BCUT2D eigenvalue weighted by Crippen LogP contribution is -2.44. The molecular weight excluding hydrogens is 164 g/mol. The highest BCUT2D eigenvalue weighted by molar-refractivity contribution is 4.98. The summed E-state index contributed by atoms with van der Waals surface area (Å²) >= 11 is 0. The Morgan fingerprint density at radius 2 is 2.46 bits per heavy atom. The standard InChI is InChI=1S/C10H20N2O/c1-2-12-5-9-6-13-4-3-10(9,7-11)8-12/h9H,2-8,11H2,1H3/t9-,10+/m0/s1. The quantitative estimate of drug-likeness (QED) is 0.671. The number of likely N-dealkylation sites (tertiary alicyclic amines) is 1. The third-order valence-corrected chi connectivity index (χ3v) is 3.80. The van der Waals surface area contributed by atoms with Gasteiger partial charge in [0.2, 0.25) is 0 Å². The van der Waals surface area contributed by atoms with Crippen LogP contribution in [-0.2, 0) is 4.74 Å². The zero-order valence-corrected chi connectivity index (χ0v) is 8.46. The first-order chi connectivity index (χ1) is 6.30. The molecule has 2 aliphatic rings. The molecule has 0 bridgehead atoms. The topological polar surface area (TPSA) is 38.5 Å². The molecule has 2 saturated heterocycles. The molecule has 0 unspecified atom stereocenters. The maximum Gasteiger partial charge on any atom is 0.0512 e. The molecule has 13 heavy (non-hydrogen) atoms. The molecule has 0 aliphatic carbocycles. The van der Waals surface area contributed by atoms with Crippen LogP contribution in [0.2, 0.25) is 0 Å². The molecule has 0 amide bonds. The largest absolute Gasteiger partial charge is 0.381 e. The molecule has 2 heterocycles. The summed E-state index contributed by atoms with van der Waals surface area (Å²) in [5.74, 6) is 0.686. The highest BCUT2D eigenvalue weighted by atomic mass is 16.5. The average Bonchev–Trinajstić information content (AvgIpc) is 2.56. The van der Waals surface area contributed by atoms with Gasteiger partial charge in [0, 0.05) is 31.0 Å². The van der Waals surface area contributed by atoms with Gasteiger partial charge in [0.15, 0.2) is 0 Å². The van der Waals surface area contributed by atoms with Crippen molar-refractivity contribution in [2.24, 2.45) is 17.1 Å². The number of hydrogen-bond acceptors (Lipinski definition) is 3. The molecule has 0 spiro atoms. The lowest BCUT2D eigenvalue weighted by atomic mass is 9.74. The number of hydrogen-bond donors (Lipinski definition) is 1. The fourth-order valence-electron chi connectivity index (χ4n) is 2.73. The van der Waals surface area contributed by atoms with Crippen molar-refractivity contribution >= 4 is 0 Å². The Hall–Kier alpha value is -0.120. The van der Waals surface area contributed by atoms with Crippen LogP contribution in [0.3, 0.4) is 0 Å². The van der Waals surface area contributed by atoms with Gasteiger partial charge in [0.25, 0.3) is 0 Å². The Labute approximate surface area is 80.2 Å². The zero-order chi connectivity index (χ0) is 9.31. The first-order valence-corrected chi connectivity index (χ1v) is 5.31. The van der Waals surface area contributed by atoms with Crippen LogP contribution >= 0.6 is 0 Å². The van der Waals surface area contributed by atoms with Crippen molar-refractivity contribution in [2.45, 2.75) is 13.3 Å². The van der Waals surface area contributed by atoms with Crippen molar-refractivity contribution in [1.29, 1.82) is 0 Å². The van der Waals surface area contributed by atoms with Gasteiger partial charge in [-0.2, -0.15) is 0 Å². The Morgan fingerprint density at radius 3 is 3.08 bits per heavy atom. The lowest BCUT2D eigenvalue weighted by Gasteiger charge is -2.37. The highest BCUT2D eigenvalue weighted by Gasteiger charge is 2.46. The van der Waals surface area contributed by atoms with E-state index >= 15 is 0 Å². The van der Waals surface area contributed by atoms with Crippen molar-refractivity contribution in [2.75, 3.05) is 39.4 Å². The van der Waals surface area contributed by atoms with E-state index in [1.807, 2.05) is 0 Å². The Bertz CT molecular complexity index is 186. The second-order valence-corrected chi connectivity index (χ2v) is 4.42. The number of ether oxygens (including phenoxy) is 1. The minimum Gasteiger partial charge on any atom is -0.381 e. The fourth-order valence-corrected chi connectivity index (χ4v) is 2.73. The molecule has 2 aliphatic heterocycles. The number of fused-ring (bicyclic) bond motifs is 1. The monoisotopic (exact) mass is 184 g/mol. The summed E-state index contributed by atoms with van der Waals surface area (Å²) in [6.45, 7) is 8.42. The molecule has 76 valence electrons. The molecule has 2 fully saturated rings. The van der Waals surface area contributed by atoms with Gasteiger partial charge in [-0.05, 0) is 19.5 Å². The van der Waals surface area contributed by atoms with Crippen LogP contribution in [0.5, 0.6) is 0 Å². The molecule has 2 rings (SSSR count). The van der Waals surface area contributed by atoms with E-state index in [9.17, 15) is 0 Å². The van der Waals surface area contributed by atoms with Crippen LogP contribution in [0.1, 0.15) is 13.3 Å². The normalized spacial score (nSPS) is 40.6. The van der Waals surface area contributed by atoms with E-state index in [-0.39, 0.29) is 0 Å². The van der Waals surface area contributed by atoms with Crippen LogP contribution < -0.4 is 5.73 Å². The molecule has 0 aromatic carbocycles. The number of nitrogens with two attached hydrogens (primary N) is 1. The minimum absolute atomic E-state index is 0.383. The maximum absolute atomic E-state index is 5.91. The number of rotatable bonds is 2. The van der Waals surface area contributed by atoms with Crippen LogP contribution in [0, 0.1) is 11.3 Å². The smallest absolute Gasteiger partial charge is 0.0512 e. The Kier molecular flexibility index (Phi) is 2.58. The van der Waals surface area contributed by atoms with Gasteiger partial charge in [-0.3, -0.25) is 0 Å². The first-order valence-electron chi connectivity index (χ1n) is 5.31. The molecule has 2 N–H and O–H groups in total. The van der Waals surface area contributed by atoms with Crippen LogP contribution in [0.25, 0.3) is 0 Å². The van der Waals surface area contributed by atoms with E-state index in [1.54, 1.807) is 0 Å². The van der Waals surface area contributed by atoms with E-state index < -0.39 is 0 Å². The van der Waals surface area contributed by atoms with E-state index in [1.165, 1.54) is 13.1 Å². The minimum atomic E-state index is 0.383. The van der Waals surface area contributed by atoms with Crippen molar-refractivity contribution in [3.05, 3.63) is 0 Å². The van der Waals surface area contributed by atoms with E-state index in [4.69, 9.17) is 10.5 Å². The molecule has 0 aromatic rings. The van der Waals surface area contributed by atoms with Gasteiger partial charge in [-0.25, -0.2) is 0 Å².